The molecule has 8 heteroatoms. The third-order valence-corrected chi connectivity index (χ3v) is 2.80. The number of carbonyl (C=O) groups excluding carboxylic acids is 2. The lowest BCUT2D eigenvalue weighted by Crippen LogP contribution is -2.52. The molecule has 0 N–H and O–H groups in total. The van der Waals surface area contributed by atoms with E-state index in [2.05, 4.69) is 4.74 Å². The highest BCUT2D eigenvalue weighted by Gasteiger charge is 2.51. The van der Waals surface area contributed by atoms with Gasteiger partial charge in [0.05, 0.1) is 13.0 Å². The molecule has 1 saturated heterocycles. The van der Waals surface area contributed by atoms with E-state index >= 15 is 0 Å². The molecular weight excluding hydrogens is 258 g/mol. The molecule has 1 unspecified atom stereocenters. The summed E-state index contributed by atoms with van der Waals surface area (Å²) < 4.78 is 54.3. The molecule has 1 atom stereocenters. The number of rotatable bonds is 3. The zero-order valence-electron chi connectivity index (χ0n) is 9.67. The largest absolute Gasteiger partial charge is 0.469 e. The van der Waals surface area contributed by atoms with Gasteiger partial charge in [0.15, 0.2) is 0 Å². The molecule has 1 heterocycles. The number of halogens is 4. The van der Waals surface area contributed by atoms with E-state index in [1.165, 1.54) is 0 Å². The minimum atomic E-state index is -4.71. The number of alkyl halides is 4. The van der Waals surface area contributed by atoms with Gasteiger partial charge in [-0.15, -0.1) is 0 Å². The smallest absolute Gasteiger partial charge is 0.383 e. The molecular formula is C10H13F4NO3. The Morgan fingerprint density at radius 3 is 2.50 bits per heavy atom. The fourth-order valence-corrected chi connectivity index (χ4v) is 1.82. The molecule has 1 aliphatic rings. The number of hydrogen-bond donors (Lipinski definition) is 0. The van der Waals surface area contributed by atoms with Gasteiger partial charge < -0.3 is 9.64 Å². The van der Waals surface area contributed by atoms with Gasteiger partial charge in [0.2, 0.25) is 0 Å². The number of methoxy groups -OCH3 is 1. The van der Waals surface area contributed by atoms with Gasteiger partial charge in [-0.1, -0.05) is 0 Å². The highest BCUT2D eigenvalue weighted by Crippen LogP contribution is 2.28. The molecule has 0 aromatic rings. The van der Waals surface area contributed by atoms with Crippen molar-refractivity contribution in [2.45, 2.75) is 25.2 Å². The van der Waals surface area contributed by atoms with Crippen molar-refractivity contribution in [2.75, 3.05) is 20.2 Å². The summed E-state index contributed by atoms with van der Waals surface area (Å²) in [5, 5.41) is 0. The summed E-state index contributed by atoms with van der Waals surface area (Å²) >= 11 is 0. The number of esters is 1. The van der Waals surface area contributed by atoms with Crippen molar-refractivity contribution >= 4 is 11.9 Å². The Kier molecular flexibility index (Phi) is 4.53. The minimum Gasteiger partial charge on any atom is -0.469 e. The predicted molar refractivity (Wildman–Crippen MR) is 52.3 cm³/mol. The SMILES string of the molecule is COC(=O)C1CCCN(C(=O)C(F)(F)C(F)F)C1. The summed E-state index contributed by atoms with van der Waals surface area (Å²) in [5.74, 6) is -8.02. The minimum absolute atomic E-state index is 0.0609. The van der Waals surface area contributed by atoms with Crippen LogP contribution in [0.5, 0.6) is 0 Å². The Labute approximate surface area is 101 Å². The second-order valence-corrected chi connectivity index (χ2v) is 4.04. The maximum Gasteiger partial charge on any atom is 0.383 e. The van der Waals surface area contributed by atoms with Gasteiger partial charge in [-0.25, -0.2) is 8.78 Å². The molecule has 0 bridgehead atoms. The van der Waals surface area contributed by atoms with E-state index in [0.717, 1.165) is 7.11 Å². The summed E-state index contributed by atoms with van der Waals surface area (Å²) in [7, 11) is 1.14. The van der Waals surface area contributed by atoms with E-state index < -0.39 is 30.1 Å². The molecule has 1 amide bonds. The van der Waals surface area contributed by atoms with Crippen LogP contribution in [0.15, 0.2) is 0 Å². The van der Waals surface area contributed by atoms with Crippen LogP contribution in [0.2, 0.25) is 0 Å². The monoisotopic (exact) mass is 271 g/mol. The highest BCUT2D eigenvalue weighted by molar-refractivity contribution is 5.85. The summed E-state index contributed by atoms with van der Waals surface area (Å²) in [5.41, 5.74) is 0. The average molecular weight is 271 g/mol. The first-order valence-electron chi connectivity index (χ1n) is 5.33. The normalized spacial score (nSPS) is 21.0. The van der Waals surface area contributed by atoms with Crippen LogP contribution in [0.1, 0.15) is 12.8 Å². The molecule has 0 saturated carbocycles. The Morgan fingerprint density at radius 1 is 1.39 bits per heavy atom. The van der Waals surface area contributed by atoms with Gasteiger partial charge in [-0.2, -0.15) is 8.78 Å². The molecule has 0 aromatic carbocycles. The van der Waals surface area contributed by atoms with E-state index in [9.17, 15) is 27.2 Å². The van der Waals surface area contributed by atoms with Crippen molar-refractivity contribution in [1.29, 1.82) is 0 Å². The van der Waals surface area contributed by atoms with E-state index in [1.54, 1.807) is 0 Å². The Bertz CT molecular complexity index is 335. The molecule has 18 heavy (non-hydrogen) atoms. The van der Waals surface area contributed by atoms with Crippen molar-refractivity contribution in [3.8, 4) is 0 Å². The van der Waals surface area contributed by atoms with Gasteiger partial charge in [0.25, 0.3) is 5.91 Å². The first kappa shape index (κ1) is 14.7. The lowest BCUT2D eigenvalue weighted by atomic mass is 9.98. The Balaban J connectivity index is 2.72. The van der Waals surface area contributed by atoms with Crippen molar-refractivity contribution in [3.63, 3.8) is 0 Å². The maximum atomic E-state index is 12.9. The second-order valence-electron chi connectivity index (χ2n) is 4.04. The molecule has 4 nitrogen and oxygen atoms in total. The van der Waals surface area contributed by atoms with Crippen LogP contribution in [0, 0.1) is 5.92 Å². The number of amides is 1. The third-order valence-electron chi connectivity index (χ3n) is 2.80. The average Bonchev–Trinajstić information content (AvgIpc) is 2.36. The van der Waals surface area contributed by atoms with Crippen LogP contribution in [0.25, 0.3) is 0 Å². The van der Waals surface area contributed by atoms with E-state index in [-0.39, 0.29) is 13.1 Å². The van der Waals surface area contributed by atoms with Crippen LogP contribution in [-0.4, -0.2) is 49.3 Å². The standard InChI is InChI=1S/C10H13F4NO3/c1-18-7(16)6-3-2-4-15(5-6)9(17)10(13,14)8(11)12/h6,8H,2-5H2,1H3. The lowest BCUT2D eigenvalue weighted by molar-refractivity contribution is -0.183. The van der Waals surface area contributed by atoms with Gasteiger partial charge >= 0.3 is 18.3 Å². The molecule has 0 aromatic heterocycles. The number of carbonyl (C=O) groups is 2. The molecule has 1 rings (SSSR count). The molecule has 1 aliphatic heterocycles. The van der Waals surface area contributed by atoms with Crippen LogP contribution in [-0.2, 0) is 14.3 Å². The van der Waals surface area contributed by atoms with Crippen molar-refractivity contribution < 1.29 is 31.9 Å². The van der Waals surface area contributed by atoms with E-state index in [4.69, 9.17) is 0 Å². The van der Waals surface area contributed by atoms with Gasteiger partial charge in [-0.3, -0.25) is 9.59 Å². The topological polar surface area (TPSA) is 46.6 Å². The number of ether oxygens (including phenoxy) is 1. The second kappa shape index (κ2) is 5.53. The first-order chi connectivity index (χ1) is 8.30. The molecule has 0 aliphatic carbocycles. The Hall–Kier alpha value is -1.34. The fourth-order valence-electron chi connectivity index (χ4n) is 1.82. The maximum absolute atomic E-state index is 12.9. The van der Waals surface area contributed by atoms with E-state index in [1.807, 2.05) is 0 Å². The Morgan fingerprint density at radius 2 is 2.00 bits per heavy atom. The number of likely N-dealkylation sites (tertiary alicyclic amines) is 1. The lowest BCUT2D eigenvalue weighted by Gasteiger charge is -2.33. The zero-order chi connectivity index (χ0) is 13.9. The van der Waals surface area contributed by atoms with Crippen LogP contribution < -0.4 is 0 Å². The van der Waals surface area contributed by atoms with Crippen molar-refractivity contribution in [2.24, 2.45) is 5.92 Å². The molecule has 0 spiro atoms. The highest BCUT2D eigenvalue weighted by atomic mass is 19.3. The molecule has 104 valence electrons. The van der Waals surface area contributed by atoms with Crippen LogP contribution in [0.4, 0.5) is 17.6 Å². The summed E-state index contributed by atoms with van der Waals surface area (Å²) in [4.78, 5) is 23.1. The number of nitrogens with zero attached hydrogens (tertiary/aromatic N) is 1. The molecule has 0 radical (unpaired) electrons. The van der Waals surface area contributed by atoms with Crippen LogP contribution in [0.3, 0.4) is 0 Å². The summed E-state index contributed by atoms with van der Waals surface area (Å²) in [6.45, 7) is -0.373. The quantitative estimate of drug-likeness (QED) is 0.574. The first-order valence-corrected chi connectivity index (χ1v) is 5.33. The fraction of sp³-hybridized carbons (Fsp3) is 0.800. The van der Waals surface area contributed by atoms with Gasteiger partial charge in [0.1, 0.15) is 0 Å². The van der Waals surface area contributed by atoms with Crippen LogP contribution >= 0.6 is 0 Å². The molecule has 1 fully saturated rings. The van der Waals surface area contributed by atoms with Crippen molar-refractivity contribution in [3.05, 3.63) is 0 Å². The number of piperidine rings is 1. The van der Waals surface area contributed by atoms with Crippen molar-refractivity contribution in [1.82, 2.24) is 4.90 Å². The summed E-state index contributed by atoms with van der Waals surface area (Å²) in [6.07, 6.45) is -3.37. The zero-order valence-corrected chi connectivity index (χ0v) is 9.67. The third kappa shape index (κ3) is 2.91. The van der Waals surface area contributed by atoms with Gasteiger partial charge in [0, 0.05) is 13.1 Å². The summed E-state index contributed by atoms with van der Waals surface area (Å²) in [6, 6.07) is 0. The number of hydrogen-bond acceptors (Lipinski definition) is 3. The predicted octanol–water partition coefficient (Wildman–Crippen LogP) is 1.30. The van der Waals surface area contributed by atoms with E-state index in [0.29, 0.717) is 17.7 Å². The van der Waals surface area contributed by atoms with Gasteiger partial charge in [-0.05, 0) is 12.8 Å².